The summed E-state index contributed by atoms with van der Waals surface area (Å²) in [4.78, 5) is 37.1. The van der Waals surface area contributed by atoms with E-state index in [1.165, 1.54) is 17.8 Å². The number of carbonyl (C=O) groups excluding carboxylic acids is 2. The summed E-state index contributed by atoms with van der Waals surface area (Å²) in [6, 6.07) is 4.77. The Balaban J connectivity index is 1.60. The molecule has 1 aliphatic heterocycles. The Morgan fingerprint density at radius 2 is 2.03 bits per heavy atom. The Morgan fingerprint density at radius 3 is 2.79 bits per heavy atom. The quantitative estimate of drug-likeness (QED) is 0.190. The zero-order valence-corrected chi connectivity index (χ0v) is 20.0. The Kier molecular flexibility index (Phi) is 9.35. The normalized spacial score (nSPS) is 19.1. The zero-order chi connectivity index (χ0) is 24.5. The van der Waals surface area contributed by atoms with Gasteiger partial charge in [-0.25, -0.2) is 0 Å². The largest absolute Gasteiger partial charge is 0.481 e. The number of amides is 1. The lowest BCUT2D eigenvalue weighted by Crippen LogP contribution is -2.26. The van der Waals surface area contributed by atoms with Gasteiger partial charge in [0, 0.05) is 43.0 Å². The Labute approximate surface area is 203 Å². The number of benzene rings is 1. The molecular formula is C25H31N3O5S. The van der Waals surface area contributed by atoms with Crippen molar-refractivity contribution in [3.05, 3.63) is 59.8 Å². The van der Waals surface area contributed by atoms with E-state index in [-0.39, 0.29) is 47.8 Å². The molecule has 0 spiro atoms. The average Bonchev–Trinajstić information content (AvgIpc) is 3.21. The number of ether oxygens (including phenoxy) is 1. The molecule has 0 saturated heterocycles. The van der Waals surface area contributed by atoms with Crippen molar-refractivity contribution in [2.24, 2.45) is 11.8 Å². The molecule has 5 N–H and O–H groups in total. The number of allylic oxidation sites excluding steroid dienone is 2. The zero-order valence-electron chi connectivity index (χ0n) is 19.2. The van der Waals surface area contributed by atoms with Crippen LogP contribution in [0.1, 0.15) is 29.6 Å². The first-order valence-electron chi connectivity index (χ1n) is 11.2. The predicted octanol–water partition coefficient (Wildman–Crippen LogP) is 3.24. The molecule has 9 heteroatoms. The molecule has 3 rings (SSSR count). The van der Waals surface area contributed by atoms with Gasteiger partial charge in [-0.1, -0.05) is 24.3 Å². The summed E-state index contributed by atoms with van der Waals surface area (Å²) in [5.74, 6) is -1.22. The molecule has 1 aromatic rings. The van der Waals surface area contributed by atoms with E-state index >= 15 is 0 Å². The van der Waals surface area contributed by atoms with E-state index in [2.05, 4.69) is 10.6 Å². The Bertz CT molecular complexity index is 1000. The van der Waals surface area contributed by atoms with Gasteiger partial charge in [0.25, 0.3) is 0 Å². The van der Waals surface area contributed by atoms with Crippen LogP contribution in [0.15, 0.2) is 54.3 Å². The highest BCUT2D eigenvalue weighted by Crippen LogP contribution is 2.32. The third-order valence-corrected chi connectivity index (χ3v) is 6.76. The smallest absolute Gasteiger partial charge is 0.307 e. The van der Waals surface area contributed by atoms with Gasteiger partial charge in [0.15, 0.2) is 5.78 Å². The number of nitrogen functional groups attached to an aromatic ring is 1. The molecule has 0 bridgehead atoms. The summed E-state index contributed by atoms with van der Waals surface area (Å²) in [7, 11) is 1.64. The van der Waals surface area contributed by atoms with E-state index in [0.29, 0.717) is 18.0 Å². The van der Waals surface area contributed by atoms with Gasteiger partial charge < -0.3 is 26.2 Å². The molecule has 1 aromatic carbocycles. The fourth-order valence-electron chi connectivity index (χ4n) is 4.04. The van der Waals surface area contributed by atoms with Crippen LogP contribution < -0.4 is 16.4 Å². The third kappa shape index (κ3) is 7.23. The number of carbonyl (C=O) groups is 3. The van der Waals surface area contributed by atoms with Crippen LogP contribution in [0.25, 0.3) is 0 Å². The number of carboxylic acids is 1. The van der Waals surface area contributed by atoms with E-state index in [4.69, 9.17) is 10.5 Å². The summed E-state index contributed by atoms with van der Waals surface area (Å²) in [6.07, 6.45) is 10.8. The molecule has 3 unspecified atom stereocenters. The minimum atomic E-state index is -1.02. The molecule has 1 amide bonds. The number of methoxy groups -OCH3 is 1. The fourth-order valence-corrected chi connectivity index (χ4v) is 4.76. The van der Waals surface area contributed by atoms with Gasteiger partial charge in [-0.3, -0.25) is 14.4 Å². The van der Waals surface area contributed by atoms with Crippen LogP contribution in [0.5, 0.6) is 0 Å². The Morgan fingerprint density at radius 1 is 1.24 bits per heavy atom. The summed E-state index contributed by atoms with van der Waals surface area (Å²) >= 11 is 1.49. The summed E-state index contributed by atoms with van der Waals surface area (Å²) < 4.78 is 4.99. The molecule has 34 heavy (non-hydrogen) atoms. The molecule has 1 aliphatic carbocycles. The highest BCUT2D eigenvalue weighted by Gasteiger charge is 2.31. The molecule has 182 valence electrons. The molecule has 3 atom stereocenters. The van der Waals surface area contributed by atoms with Gasteiger partial charge in [0.05, 0.1) is 17.7 Å². The Hall–Kier alpha value is -3.04. The topological polar surface area (TPSA) is 131 Å². The molecule has 8 nitrogen and oxygen atoms in total. The van der Waals surface area contributed by atoms with Crippen LogP contribution in [-0.2, 0) is 14.3 Å². The van der Waals surface area contributed by atoms with Crippen molar-refractivity contribution >= 4 is 40.8 Å². The van der Waals surface area contributed by atoms with Gasteiger partial charge in [-0.2, -0.15) is 11.8 Å². The van der Waals surface area contributed by atoms with Crippen LogP contribution in [0, 0.1) is 11.8 Å². The number of fused-ring (bicyclic) bond motifs is 1. The fraction of sp³-hybridized carbons (Fsp3) is 0.400. The van der Waals surface area contributed by atoms with Crippen LogP contribution in [-0.4, -0.2) is 54.0 Å². The number of thioether (sulfide) groups is 1. The van der Waals surface area contributed by atoms with E-state index in [1.54, 1.807) is 19.2 Å². The highest BCUT2D eigenvalue weighted by atomic mass is 32.2. The van der Waals surface area contributed by atoms with Gasteiger partial charge >= 0.3 is 5.97 Å². The van der Waals surface area contributed by atoms with E-state index < -0.39 is 11.9 Å². The lowest BCUT2D eigenvalue weighted by atomic mass is 9.84. The molecule has 1 heterocycles. The third-order valence-electron chi connectivity index (χ3n) is 5.72. The van der Waals surface area contributed by atoms with Crippen LogP contribution in [0.4, 0.5) is 11.4 Å². The standard InChI is InChI=1S/C25H31N3O5S/c1-33-7-4-8-34-15-24(30)28-20-11-16(10-19(26)13-20)23(29)12-17(25(31)32)9-18-14-27-22-6-3-2-5-21(18)22/h2-3,5-6,10-11,13-14,17,21-22,27H,4,7-9,12,15,26H2,1H3,(H,28,30)(H,31,32). The van der Waals surface area contributed by atoms with Gasteiger partial charge in [0.2, 0.25) is 5.91 Å². The number of nitrogens with one attached hydrogen (secondary N) is 2. The number of rotatable bonds is 13. The number of anilines is 2. The first-order chi connectivity index (χ1) is 16.4. The van der Waals surface area contributed by atoms with Crippen molar-refractivity contribution in [1.29, 1.82) is 0 Å². The maximum Gasteiger partial charge on any atom is 0.307 e. The van der Waals surface area contributed by atoms with E-state index in [1.807, 2.05) is 30.5 Å². The number of ketones is 1. The van der Waals surface area contributed by atoms with Crippen molar-refractivity contribution in [3.8, 4) is 0 Å². The number of nitrogens with two attached hydrogens (primary N) is 1. The number of hydrogen-bond acceptors (Lipinski definition) is 7. The number of hydrogen-bond donors (Lipinski definition) is 4. The molecule has 0 fully saturated rings. The van der Waals surface area contributed by atoms with Crippen molar-refractivity contribution in [2.45, 2.75) is 25.3 Å². The average molecular weight is 486 g/mol. The maximum absolute atomic E-state index is 13.0. The first kappa shape index (κ1) is 25.6. The van der Waals surface area contributed by atoms with Crippen LogP contribution in [0.2, 0.25) is 0 Å². The first-order valence-corrected chi connectivity index (χ1v) is 12.4. The predicted molar refractivity (Wildman–Crippen MR) is 135 cm³/mol. The van der Waals surface area contributed by atoms with Gasteiger partial charge in [-0.15, -0.1) is 0 Å². The van der Waals surface area contributed by atoms with Crippen LogP contribution in [0.3, 0.4) is 0 Å². The summed E-state index contributed by atoms with van der Waals surface area (Å²) in [5.41, 5.74) is 7.95. The van der Waals surface area contributed by atoms with Gasteiger partial charge in [-0.05, 0) is 48.6 Å². The highest BCUT2D eigenvalue weighted by molar-refractivity contribution is 7.99. The van der Waals surface area contributed by atoms with Gasteiger partial charge in [0.1, 0.15) is 0 Å². The van der Waals surface area contributed by atoms with Crippen molar-refractivity contribution < 1.29 is 24.2 Å². The molecule has 0 aromatic heterocycles. The summed E-state index contributed by atoms with van der Waals surface area (Å²) in [5, 5.41) is 15.8. The minimum Gasteiger partial charge on any atom is -0.481 e. The number of aliphatic carboxylic acids is 1. The second-order valence-electron chi connectivity index (χ2n) is 8.36. The lowest BCUT2D eigenvalue weighted by molar-refractivity contribution is -0.141. The number of Topliss-reactive ketones (excluding diaryl/α,β-unsaturated/α-hetero) is 1. The molecular weight excluding hydrogens is 454 g/mol. The SMILES string of the molecule is COCCCSCC(=O)Nc1cc(N)cc(C(=O)CC(CC2=CNC3C=CC=CC23)C(=O)O)c1. The minimum absolute atomic E-state index is 0.100. The van der Waals surface area contributed by atoms with E-state index in [9.17, 15) is 19.5 Å². The second-order valence-corrected chi connectivity index (χ2v) is 9.47. The van der Waals surface area contributed by atoms with Crippen molar-refractivity contribution in [3.63, 3.8) is 0 Å². The maximum atomic E-state index is 13.0. The monoisotopic (exact) mass is 485 g/mol. The van der Waals surface area contributed by atoms with Crippen LogP contribution >= 0.6 is 11.8 Å². The van der Waals surface area contributed by atoms with E-state index in [0.717, 1.165) is 17.7 Å². The number of carboxylic acid groups (broad SMARTS) is 1. The molecule has 2 aliphatic rings. The summed E-state index contributed by atoms with van der Waals surface area (Å²) in [6.45, 7) is 0.648. The molecule has 0 saturated carbocycles. The lowest BCUT2D eigenvalue weighted by Gasteiger charge is -2.21. The van der Waals surface area contributed by atoms with Crippen molar-refractivity contribution in [1.82, 2.24) is 5.32 Å². The second kappa shape index (κ2) is 12.4. The van der Waals surface area contributed by atoms with Crippen molar-refractivity contribution in [2.75, 3.05) is 36.3 Å². The molecule has 0 radical (unpaired) electrons.